The smallest absolute Gasteiger partial charge is 0.268 e. The number of nitrogens with one attached hydrogen (secondary N) is 1. The molecule has 4 aromatic rings. The van der Waals surface area contributed by atoms with Crippen molar-refractivity contribution in [1.82, 2.24) is 25.1 Å². The third kappa shape index (κ3) is 4.18. The predicted octanol–water partition coefficient (Wildman–Crippen LogP) is 3.36. The molecule has 0 aliphatic carbocycles. The van der Waals surface area contributed by atoms with Crippen LogP contribution in [-0.2, 0) is 6.42 Å². The molecule has 174 valence electrons. The van der Waals surface area contributed by atoms with Crippen molar-refractivity contribution < 1.29 is 4.79 Å². The lowest BCUT2D eigenvalue weighted by Crippen LogP contribution is -2.52. The van der Waals surface area contributed by atoms with Gasteiger partial charge in [-0.25, -0.2) is 4.98 Å². The highest BCUT2D eigenvalue weighted by molar-refractivity contribution is 6.43. The molecule has 1 aliphatic heterocycles. The third-order valence-electron chi connectivity index (χ3n) is 6.16. The SMILES string of the molecule is NC(=O)c1nc(N2CCC(N)(Cc3ccccn3)CC2)nc2n[nH]c(-c3cccc(Cl)c3Cl)c12. The van der Waals surface area contributed by atoms with E-state index in [0.717, 1.165) is 18.5 Å². The number of rotatable bonds is 5. The lowest BCUT2D eigenvalue weighted by atomic mass is 9.84. The van der Waals surface area contributed by atoms with E-state index in [1.54, 1.807) is 24.4 Å². The number of pyridine rings is 1. The van der Waals surface area contributed by atoms with E-state index < -0.39 is 5.91 Å². The number of nitrogens with zero attached hydrogens (tertiary/aromatic N) is 5. The van der Waals surface area contributed by atoms with E-state index in [0.29, 0.717) is 57.8 Å². The molecule has 5 rings (SSSR count). The molecule has 1 fully saturated rings. The normalized spacial score (nSPS) is 15.6. The van der Waals surface area contributed by atoms with Crippen molar-refractivity contribution >= 4 is 46.1 Å². The fourth-order valence-electron chi connectivity index (χ4n) is 4.32. The number of hydrogen-bond acceptors (Lipinski definition) is 7. The Labute approximate surface area is 205 Å². The number of primary amides is 1. The molecule has 1 saturated heterocycles. The number of benzene rings is 1. The molecule has 3 aromatic heterocycles. The molecule has 11 heteroatoms. The fourth-order valence-corrected chi connectivity index (χ4v) is 4.71. The van der Waals surface area contributed by atoms with Gasteiger partial charge in [0.1, 0.15) is 5.69 Å². The van der Waals surface area contributed by atoms with Gasteiger partial charge in [-0.15, -0.1) is 0 Å². The maximum Gasteiger partial charge on any atom is 0.268 e. The zero-order chi connectivity index (χ0) is 23.9. The minimum Gasteiger partial charge on any atom is -0.364 e. The Balaban J connectivity index is 1.45. The first-order valence-electron chi connectivity index (χ1n) is 10.8. The number of anilines is 1. The number of amides is 1. The van der Waals surface area contributed by atoms with E-state index in [4.69, 9.17) is 34.7 Å². The summed E-state index contributed by atoms with van der Waals surface area (Å²) in [4.78, 5) is 27.9. The number of H-pyrrole nitrogens is 1. The Morgan fingerprint density at radius 1 is 1.12 bits per heavy atom. The van der Waals surface area contributed by atoms with Crippen molar-refractivity contribution in [2.24, 2.45) is 11.5 Å². The zero-order valence-corrected chi connectivity index (χ0v) is 19.6. The fraction of sp³-hybridized carbons (Fsp3) is 0.261. The Kier molecular flexibility index (Phi) is 5.85. The highest BCUT2D eigenvalue weighted by Crippen LogP contribution is 2.37. The van der Waals surface area contributed by atoms with Gasteiger partial charge in [0.15, 0.2) is 5.65 Å². The number of carbonyl (C=O) groups is 1. The molecule has 0 atom stereocenters. The third-order valence-corrected chi connectivity index (χ3v) is 6.98. The maximum absolute atomic E-state index is 12.4. The summed E-state index contributed by atoms with van der Waals surface area (Å²) in [5.74, 6) is -0.300. The molecule has 1 amide bonds. The van der Waals surface area contributed by atoms with E-state index in [1.807, 2.05) is 23.1 Å². The van der Waals surface area contributed by atoms with Gasteiger partial charge < -0.3 is 16.4 Å². The van der Waals surface area contributed by atoms with Crippen LogP contribution in [0, 0.1) is 0 Å². The van der Waals surface area contributed by atoms with Crippen molar-refractivity contribution in [2.45, 2.75) is 24.8 Å². The number of aromatic amines is 1. The second kappa shape index (κ2) is 8.83. The molecule has 0 radical (unpaired) electrons. The van der Waals surface area contributed by atoms with Crippen LogP contribution >= 0.6 is 23.2 Å². The lowest BCUT2D eigenvalue weighted by molar-refractivity contribution is 0.0997. The number of hydrogen-bond donors (Lipinski definition) is 3. The summed E-state index contributed by atoms with van der Waals surface area (Å²) in [5, 5.41) is 8.33. The second-order valence-electron chi connectivity index (χ2n) is 8.48. The summed E-state index contributed by atoms with van der Waals surface area (Å²) in [6, 6.07) is 11.0. The van der Waals surface area contributed by atoms with Crippen molar-refractivity contribution in [3.05, 3.63) is 64.0 Å². The number of aromatic nitrogens is 5. The van der Waals surface area contributed by atoms with Gasteiger partial charge in [0, 0.05) is 42.5 Å². The minimum atomic E-state index is -0.685. The van der Waals surface area contributed by atoms with Gasteiger partial charge in [-0.3, -0.25) is 14.9 Å². The Morgan fingerprint density at radius 2 is 1.91 bits per heavy atom. The summed E-state index contributed by atoms with van der Waals surface area (Å²) in [7, 11) is 0. The van der Waals surface area contributed by atoms with Crippen LogP contribution in [0.3, 0.4) is 0 Å². The van der Waals surface area contributed by atoms with Gasteiger partial charge >= 0.3 is 0 Å². The zero-order valence-electron chi connectivity index (χ0n) is 18.1. The molecule has 1 aliphatic rings. The van der Waals surface area contributed by atoms with Gasteiger partial charge in [0.2, 0.25) is 5.95 Å². The highest BCUT2D eigenvalue weighted by atomic mass is 35.5. The van der Waals surface area contributed by atoms with Gasteiger partial charge in [0.25, 0.3) is 5.91 Å². The molecule has 0 bridgehead atoms. The van der Waals surface area contributed by atoms with Crippen LogP contribution in [-0.4, -0.2) is 49.7 Å². The van der Waals surface area contributed by atoms with Crippen molar-refractivity contribution in [1.29, 1.82) is 0 Å². The molecule has 34 heavy (non-hydrogen) atoms. The average Bonchev–Trinajstić information content (AvgIpc) is 3.25. The molecule has 0 saturated carbocycles. The predicted molar refractivity (Wildman–Crippen MR) is 132 cm³/mol. The van der Waals surface area contributed by atoms with Crippen LogP contribution in [0.4, 0.5) is 5.95 Å². The largest absolute Gasteiger partial charge is 0.364 e. The van der Waals surface area contributed by atoms with Crippen LogP contribution in [0.2, 0.25) is 10.0 Å². The molecule has 9 nitrogen and oxygen atoms in total. The number of piperidine rings is 1. The standard InChI is InChI=1S/C23H22Cl2N8O/c24-15-6-3-5-14(17(15)25)18-16-19(20(26)34)29-22(30-21(16)32-31-18)33-10-7-23(27,8-11-33)12-13-4-1-2-9-28-13/h1-6,9H,7-8,10-12,27H2,(H2,26,34)(H,29,30,31,32). The molecule has 5 N–H and O–H groups in total. The van der Waals surface area contributed by atoms with Crippen molar-refractivity contribution in [3.63, 3.8) is 0 Å². The van der Waals surface area contributed by atoms with Gasteiger partial charge in [-0.2, -0.15) is 10.1 Å². The summed E-state index contributed by atoms with van der Waals surface area (Å²) >= 11 is 12.6. The number of carbonyl (C=O) groups excluding carboxylic acids is 1. The summed E-state index contributed by atoms with van der Waals surface area (Å²) < 4.78 is 0. The first-order valence-corrected chi connectivity index (χ1v) is 11.5. The summed E-state index contributed by atoms with van der Waals surface area (Å²) in [5.41, 5.74) is 14.4. The van der Waals surface area contributed by atoms with E-state index >= 15 is 0 Å². The Bertz CT molecular complexity index is 1370. The van der Waals surface area contributed by atoms with E-state index in [-0.39, 0.29) is 11.2 Å². The van der Waals surface area contributed by atoms with Gasteiger partial charge in [0.05, 0.1) is 21.1 Å². The number of nitrogens with two attached hydrogens (primary N) is 2. The lowest BCUT2D eigenvalue weighted by Gasteiger charge is -2.39. The summed E-state index contributed by atoms with van der Waals surface area (Å²) in [6.45, 7) is 1.26. The van der Waals surface area contributed by atoms with Crippen molar-refractivity contribution in [2.75, 3.05) is 18.0 Å². The van der Waals surface area contributed by atoms with Gasteiger partial charge in [-0.05, 0) is 31.0 Å². The quantitative estimate of drug-likeness (QED) is 0.384. The van der Waals surface area contributed by atoms with E-state index in [9.17, 15) is 4.79 Å². The van der Waals surface area contributed by atoms with E-state index in [2.05, 4.69) is 25.1 Å². The highest BCUT2D eigenvalue weighted by Gasteiger charge is 2.33. The van der Waals surface area contributed by atoms with Crippen LogP contribution < -0.4 is 16.4 Å². The van der Waals surface area contributed by atoms with Crippen LogP contribution in [0.25, 0.3) is 22.3 Å². The minimum absolute atomic E-state index is 0.0675. The Morgan fingerprint density at radius 3 is 2.62 bits per heavy atom. The van der Waals surface area contributed by atoms with Gasteiger partial charge in [-0.1, -0.05) is 41.4 Å². The molecule has 0 unspecified atom stereocenters. The summed E-state index contributed by atoms with van der Waals surface area (Å²) in [6.07, 6.45) is 3.91. The van der Waals surface area contributed by atoms with Crippen molar-refractivity contribution in [3.8, 4) is 11.3 Å². The average molecular weight is 497 g/mol. The first-order chi connectivity index (χ1) is 16.3. The topological polar surface area (TPSA) is 140 Å². The molecule has 4 heterocycles. The maximum atomic E-state index is 12.4. The first kappa shape index (κ1) is 22.5. The molecule has 1 aromatic carbocycles. The molecular weight excluding hydrogens is 475 g/mol. The van der Waals surface area contributed by atoms with E-state index in [1.165, 1.54) is 0 Å². The molecule has 0 spiro atoms. The van der Waals surface area contributed by atoms with Crippen LogP contribution in [0.15, 0.2) is 42.6 Å². The monoisotopic (exact) mass is 496 g/mol. The van der Waals surface area contributed by atoms with Crippen LogP contribution in [0.1, 0.15) is 29.0 Å². The van der Waals surface area contributed by atoms with Crippen LogP contribution in [0.5, 0.6) is 0 Å². The molecular formula is C23H22Cl2N8O. The number of fused-ring (bicyclic) bond motifs is 1. The second-order valence-corrected chi connectivity index (χ2v) is 9.27. The number of halogens is 2. The Hall–Kier alpha value is -3.27.